The summed E-state index contributed by atoms with van der Waals surface area (Å²) < 4.78 is 21.4. The van der Waals surface area contributed by atoms with Gasteiger partial charge in [0.2, 0.25) is 11.9 Å². The number of carbonyl (C=O) groups excluding carboxylic acids is 4. The molecule has 4 aromatic rings. The van der Waals surface area contributed by atoms with E-state index in [0.717, 1.165) is 83.4 Å². The van der Waals surface area contributed by atoms with Crippen molar-refractivity contribution in [3.05, 3.63) is 144 Å². The average Bonchev–Trinajstić information content (AvgIpc) is 3.27. The van der Waals surface area contributed by atoms with Gasteiger partial charge in [-0.15, -0.1) is 0 Å². The summed E-state index contributed by atoms with van der Waals surface area (Å²) >= 11 is 0. The molecule has 0 aliphatic rings. The molecule has 4 amide bonds. The first-order chi connectivity index (χ1) is 29.3. The normalized spacial score (nSPS) is 10.5. The van der Waals surface area contributed by atoms with Crippen LogP contribution < -0.4 is 10.6 Å². The number of alkyl carbamates (subject to hydrolysis) is 2. The summed E-state index contributed by atoms with van der Waals surface area (Å²) in [6, 6.07) is 36.8. The summed E-state index contributed by atoms with van der Waals surface area (Å²) in [6.45, 7) is 0.529. The minimum atomic E-state index is -0.836. The second-order valence-electron chi connectivity index (χ2n) is 14.0. The Hall–Kier alpha value is -6.70. The molecule has 0 aromatic heterocycles. The van der Waals surface area contributed by atoms with Crippen LogP contribution in [0.3, 0.4) is 0 Å². The molecule has 0 heterocycles. The number of rotatable bonds is 21. The van der Waals surface area contributed by atoms with E-state index >= 15 is 0 Å². The van der Waals surface area contributed by atoms with Gasteiger partial charge in [-0.2, -0.15) is 0 Å². The second-order valence-corrected chi connectivity index (χ2v) is 14.0. The standard InChI is InChI=1S/C46H56N6O8/c47-41(49-43(53)57-33-37-23-13-9-14-24-37)51(45(55)59-35-39-27-17-11-18-28-39)31-21-7-5-3-1-2-4-6-8-22-32-52(46(56)60-36-40-29-19-12-20-30-40)42(48)50-44(54)58-34-38-25-15-10-16-26-38/h9-20,23-30H,1-8,21-22,31-36H2,(H2,47,49,53)(H2,48,50,54). The molecule has 4 rings (SSSR count). The van der Waals surface area contributed by atoms with Gasteiger partial charge in [0.1, 0.15) is 26.4 Å². The number of guanidine groups is 2. The monoisotopic (exact) mass is 820 g/mol. The number of amides is 4. The van der Waals surface area contributed by atoms with Crippen molar-refractivity contribution in [1.29, 1.82) is 10.8 Å². The molecule has 0 bridgehead atoms. The third-order valence-electron chi connectivity index (χ3n) is 9.27. The van der Waals surface area contributed by atoms with Crippen LogP contribution in [0.15, 0.2) is 121 Å². The maximum absolute atomic E-state index is 13.0. The molecule has 4 N–H and O–H groups in total. The van der Waals surface area contributed by atoms with Crippen molar-refractivity contribution in [1.82, 2.24) is 20.4 Å². The lowest BCUT2D eigenvalue weighted by molar-refractivity contribution is 0.112. The molecule has 318 valence electrons. The molecule has 0 aliphatic heterocycles. The highest BCUT2D eigenvalue weighted by atomic mass is 16.6. The van der Waals surface area contributed by atoms with Crippen LogP contribution in [0.1, 0.15) is 86.5 Å². The molecule has 0 saturated heterocycles. The van der Waals surface area contributed by atoms with E-state index in [1.165, 1.54) is 0 Å². The smallest absolute Gasteiger partial charge is 0.416 e. The van der Waals surface area contributed by atoms with E-state index in [-0.39, 0.29) is 39.5 Å². The zero-order valence-electron chi connectivity index (χ0n) is 34.0. The fourth-order valence-corrected chi connectivity index (χ4v) is 5.98. The summed E-state index contributed by atoms with van der Waals surface area (Å²) in [5, 5.41) is 21.6. The van der Waals surface area contributed by atoms with Gasteiger partial charge in [0.15, 0.2) is 0 Å². The Morgan fingerprint density at radius 3 is 0.917 bits per heavy atom. The third-order valence-corrected chi connectivity index (χ3v) is 9.27. The fourth-order valence-electron chi connectivity index (χ4n) is 5.98. The van der Waals surface area contributed by atoms with Crippen molar-refractivity contribution in [2.45, 2.75) is 90.6 Å². The molecule has 0 aliphatic carbocycles. The Morgan fingerprint density at radius 2 is 0.633 bits per heavy atom. The van der Waals surface area contributed by atoms with E-state index in [9.17, 15) is 19.2 Å². The lowest BCUT2D eigenvalue weighted by Gasteiger charge is -2.22. The highest BCUT2D eigenvalue weighted by Gasteiger charge is 2.23. The van der Waals surface area contributed by atoms with Crippen molar-refractivity contribution in [3.63, 3.8) is 0 Å². The number of ether oxygens (including phenoxy) is 4. The molecule has 14 heteroatoms. The summed E-state index contributed by atoms with van der Waals surface area (Å²) in [7, 11) is 0. The molecule has 0 atom stereocenters. The van der Waals surface area contributed by atoms with Crippen molar-refractivity contribution in [2.24, 2.45) is 0 Å². The Labute approximate surface area is 352 Å². The van der Waals surface area contributed by atoms with E-state index in [4.69, 9.17) is 29.8 Å². The summed E-state index contributed by atoms with van der Waals surface area (Å²) in [5.74, 6) is -0.819. The van der Waals surface area contributed by atoms with Gasteiger partial charge in [-0.1, -0.05) is 173 Å². The lowest BCUT2D eigenvalue weighted by atomic mass is 10.1. The highest BCUT2D eigenvalue weighted by molar-refractivity contribution is 6.00. The van der Waals surface area contributed by atoms with Crippen molar-refractivity contribution in [3.8, 4) is 0 Å². The van der Waals surface area contributed by atoms with E-state index in [0.29, 0.717) is 12.8 Å². The van der Waals surface area contributed by atoms with Crippen LogP contribution >= 0.6 is 0 Å². The summed E-state index contributed by atoms with van der Waals surface area (Å²) in [5.41, 5.74) is 3.21. The molecule has 0 fully saturated rings. The van der Waals surface area contributed by atoms with E-state index in [1.807, 2.05) is 121 Å². The number of hydrogen-bond acceptors (Lipinski definition) is 10. The molecule has 0 spiro atoms. The number of hydrogen-bond donors (Lipinski definition) is 4. The third kappa shape index (κ3) is 18.3. The highest BCUT2D eigenvalue weighted by Crippen LogP contribution is 2.13. The average molecular weight is 821 g/mol. The topological polar surface area (TPSA) is 183 Å². The van der Waals surface area contributed by atoms with Crippen molar-refractivity contribution in [2.75, 3.05) is 13.1 Å². The van der Waals surface area contributed by atoms with Gasteiger partial charge in [-0.3, -0.25) is 21.5 Å². The van der Waals surface area contributed by atoms with Crippen LogP contribution in [-0.2, 0) is 45.4 Å². The quantitative estimate of drug-likeness (QED) is 0.0277. The predicted octanol–water partition coefficient (Wildman–Crippen LogP) is 9.89. The van der Waals surface area contributed by atoms with Crippen LogP contribution in [0.5, 0.6) is 0 Å². The molecule has 60 heavy (non-hydrogen) atoms. The number of unbranched alkanes of at least 4 members (excludes halogenated alkanes) is 9. The molecular weight excluding hydrogens is 765 g/mol. The molecule has 0 unspecified atom stereocenters. The van der Waals surface area contributed by atoms with Crippen LogP contribution in [0, 0.1) is 10.8 Å². The maximum Gasteiger partial charge on any atom is 0.416 e. The first-order valence-electron chi connectivity index (χ1n) is 20.4. The first kappa shape index (κ1) is 46.0. The van der Waals surface area contributed by atoms with Gasteiger partial charge in [-0.25, -0.2) is 29.0 Å². The van der Waals surface area contributed by atoms with E-state index in [2.05, 4.69) is 10.6 Å². The predicted molar refractivity (Wildman–Crippen MR) is 228 cm³/mol. The fraction of sp³-hybridized carbons (Fsp3) is 0.348. The molecule has 4 aromatic carbocycles. The Kier molecular flexibility index (Phi) is 20.8. The van der Waals surface area contributed by atoms with E-state index < -0.39 is 36.3 Å². The molecular formula is C46H56N6O8. The molecule has 0 saturated carbocycles. The van der Waals surface area contributed by atoms with Gasteiger partial charge < -0.3 is 18.9 Å². The second kappa shape index (κ2) is 27.1. The Balaban J connectivity index is 1.13. The maximum atomic E-state index is 13.0. The van der Waals surface area contributed by atoms with Gasteiger partial charge in [0, 0.05) is 13.1 Å². The number of carbonyl (C=O) groups is 4. The van der Waals surface area contributed by atoms with Crippen LogP contribution in [0.4, 0.5) is 19.2 Å². The SMILES string of the molecule is N=C(NC(=O)OCc1ccccc1)N(CCCCCCCCCCCCN(C(=N)NC(=O)OCc1ccccc1)C(=O)OCc1ccccc1)C(=O)OCc1ccccc1. The Bertz CT molecular complexity index is 1760. The summed E-state index contributed by atoms with van der Waals surface area (Å²) in [4.78, 5) is 53.2. The zero-order chi connectivity index (χ0) is 42.6. The Morgan fingerprint density at radius 1 is 0.383 bits per heavy atom. The van der Waals surface area contributed by atoms with Gasteiger partial charge in [-0.05, 0) is 35.1 Å². The number of nitrogens with one attached hydrogen (secondary N) is 4. The molecule has 0 radical (unpaired) electrons. The van der Waals surface area contributed by atoms with Gasteiger partial charge in [0.05, 0.1) is 0 Å². The number of benzene rings is 4. The first-order valence-corrected chi connectivity index (χ1v) is 20.4. The lowest BCUT2D eigenvalue weighted by Crippen LogP contribution is -2.47. The van der Waals surface area contributed by atoms with Crippen LogP contribution in [-0.4, -0.2) is 59.2 Å². The van der Waals surface area contributed by atoms with Crippen LogP contribution in [0.2, 0.25) is 0 Å². The minimum absolute atomic E-state index is 0.0297. The summed E-state index contributed by atoms with van der Waals surface area (Å²) in [6.07, 6.45) is 5.70. The number of nitrogens with zero attached hydrogens (tertiary/aromatic N) is 2. The zero-order valence-corrected chi connectivity index (χ0v) is 34.0. The largest absolute Gasteiger partial charge is 0.444 e. The molecule has 14 nitrogen and oxygen atoms in total. The van der Waals surface area contributed by atoms with Crippen LogP contribution in [0.25, 0.3) is 0 Å². The van der Waals surface area contributed by atoms with E-state index in [1.54, 1.807) is 0 Å². The van der Waals surface area contributed by atoms with Crippen molar-refractivity contribution < 1.29 is 38.1 Å². The minimum Gasteiger partial charge on any atom is -0.444 e. The van der Waals surface area contributed by atoms with Gasteiger partial charge >= 0.3 is 24.4 Å². The van der Waals surface area contributed by atoms with Crippen molar-refractivity contribution >= 4 is 36.3 Å². The van der Waals surface area contributed by atoms with Gasteiger partial charge in [0.25, 0.3) is 0 Å².